The van der Waals surface area contributed by atoms with Gasteiger partial charge in [0, 0.05) is 65.2 Å². The minimum Gasteiger partial charge on any atom is -0.375 e. The lowest BCUT2D eigenvalue weighted by Crippen LogP contribution is -2.52. The van der Waals surface area contributed by atoms with E-state index >= 15 is 0 Å². The van der Waals surface area contributed by atoms with Crippen molar-refractivity contribution in [3.05, 3.63) is 107 Å². The van der Waals surface area contributed by atoms with Gasteiger partial charge in [-0.15, -0.1) is 0 Å². The van der Waals surface area contributed by atoms with Crippen molar-refractivity contribution in [1.29, 1.82) is 0 Å². The fourth-order valence-corrected chi connectivity index (χ4v) is 11.2. The Kier molecular flexibility index (Phi) is 11.4. The highest BCUT2D eigenvalue weighted by atomic mass is 16.5. The number of aromatic amines is 1. The number of H-pyrrole nitrogens is 1. The highest BCUT2D eigenvalue weighted by molar-refractivity contribution is 6.01. The molecule has 3 aromatic heterocycles. The molecule has 5 aliphatic rings. The van der Waals surface area contributed by atoms with E-state index in [1.807, 2.05) is 27.7 Å². The maximum Gasteiger partial charge on any atom is 0.316 e. The summed E-state index contributed by atoms with van der Waals surface area (Å²) in [6.07, 6.45) is 15.9. The molecule has 3 aliphatic heterocycles. The highest BCUT2D eigenvalue weighted by Gasteiger charge is 2.42. The van der Waals surface area contributed by atoms with Crippen molar-refractivity contribution in [3.8, 4) is 11.3 Å². The normalized spacial score (nSPS) is 22.6. The molecule has 1 spiro atoms. The molecule has 6 heterocycles. The van der Waals surface area contributed by atoms with E-state index < -0.39 is 0 Å². The van der Waals surface area contributed by atoms with Crippen molar-refractivity contribution in [1.82, 2.24) is 45.1 Å². The number of anilines is 1. The van der Waals surface area contributed by atoms with Gasteiger partial charge in [-0.2, -0.15) is 4.98 Å². The first kappa shape index (κ1) is 43.7. The molecule has 14 nitrogen and oxygen atoms in total. The topological polar surface area (TPSA) is 165 Å². The van der Waals surface area contributed by atoms with E-state index in [9.17, 15) is 14.4 Å². The summed E-state index contributed by atoms with van der Waals surface area (Å²) >= 11 is 0. The number of aromatic nitrogens is 5. The van der Waals surface area contributed by atoms with Gasteiger partial charge in [-0.3, -0.25) is 19.7 Å². The number of rotatable bonds is 10. The van der Waals surface area contributed by atoms with Crippen LogP contribution in [0.5, 0.6) is 0 Å². The van der Waals surface area contributed by atoms with Crippen molar-refractivity contribution in [3.63, 3.8) is 0 Å². The van der Waals surface area contributed by atoms with Crippen LogP contribution in [0.25, 0.3) is 28.4 Å². The summed E-state index contributed by atoms with van der Waals surface area (Å²) in [7, 11) is 0. The molecule has 1 saturated carbocycles. The van der Waals surface area contributed by atoms with Crippen LogP contribution in [-0.4, -0.2) is 95.8 Å². The smallest absolute Gasteiger partial charge is 0.316 e. The van der Waals surface area contributed by atoms with Crippen molar-refractivity contribution in [2.24, 2.45) is 5.41 Å². The van der Waals surface area contributed by atoms with E-state index in [4.69, 9.17) is 14.5 Å². The number of carbonyl (C=O) groups is 3. The van der Waals surface area contributed by atoms with Gasteiger partial charge in [0.25, 0.3) is 0 Å². The number of hydrogen-bond donors (Lipinski definition) is 3. The number of benzene rings is 2. The molecule has 3 saturated heterocycles. The Hall–Kier alpha value is -6.15. The first-order valence-electron chi connectivity index (χ1n) is 23.9. The molecule has 4 fully saturated rings. The average molecular weight is 891 g/mol. The number of nitrogens with one attached hydrogen (secondary N) is 3. The number of likely N-dealkylation sites (tertiary alicyclic amines) is 2. The molecular formula is C52H62N10O4. The van der Waals surface area contributed by atoms with Gasteiger partial charge < -0.3 is 29.5 Å². The monoisotopic (exact) mass is 890 g/mol. The number of hydrogen-bond acceptors (Lipinski definition) is 11. The SMILES string of the molecule is C=CN(C(=O)c1nc(C(C)(C)C)no1)[C@H](C)c1ccc(-c2ncnc3[nH]c4c(c23)CCC(N2CCC3(CC2)CCN(C2CC(c5ccc(NC6CCC(=O)NC6=O)cc5)C2)CC3)=C4)cc1C. The Morgan fingerprint density at radius 2 is 1.74 bits per heavy atom. The van der Waals surface area contributed by atoms with Crippen LogP contribution < -0.4 is 10.6 Å². The number of allylic oxidation sites excluding steroid dienone is 1. The van der Waals surface area contributed by atoms with Crippen LogP contribution >= 0.6 is 0 Å². The van der Waals surface area contributed by atoms with Crippen LogP contribution in [0.3, 0.4) is 0 Å². The van der Waals surface area contributed by atoms with Gasteiger partial charge in [-0.1, -0.05) is 56.8 Å². The fourth-order valence-electron chi connectivity index (χ4n) is 11.2. The van der Waals surface area contributed by atoms with Crippen LogP contribution in [0.4, 0.5) is 5.69 Å². The second kappa shape index (κ2) is 17.3. The average Bonchev–Trinajstić information content (AvgIpc) is 3.95. The third-order valence-electron chi connectivity index (χ3n) is 15.5. The maximum absolute atomic E-state index is 13.5. The van der Waals surface area contributed by atoms with E-state index in [1.54, 1.807) is 11.2 Å². The Labute approximate surface area is 386 Å². The number of fused-ring (bicyclic) bond motifs is 3. The summed E-state index contributed by atoms with van der Waals surface area (Å²) in [5, 5.41) is 10.9. The van der Waals surface area contributed by atoms with Gasteiger partial charge in [0.2, 0.25) is 11.8 Å². The molecule has 2 aliphatic carbocycles. The van der Waals surface area contributed by atoms with E-state index in [1.165, 1.54) is 74.6 Å². The van der Waals surface area contributed by atoms with E-state index in [0.717, 1.165) is 70.7 Å². The van der Waals surface area contributed by atoms with Crippen molar-refractivity contribution in [2.75, 3.05) is 31.5 Å². The number of nitrogens with zero attached hydrogens (tertiary/aromatic N) is 7. The summed E-state index contributed by atoms with van der Waals surface area (Å²) in [6, 6.07) is 14.9. The van der Waals surface area contributed by atoms with Crippen LogP contribution in [-0.2, 0) is 21.4 Å². The molecule has 3 amide bonds. The minimum absolute atomic E-state index is 0.0517. The summed E-state index contributed by atoms with van der Waals surface area (Å²) < 4.78 is 5.38. The van der Waals surface area contributed by atoms with E-state index in [-0.39, 0.29) is 41.1 Å². The number of carbonyl (C=O) groups excluding carboxylic acids is 3. The van der Waals surface area contributed by atoms with Crippen LogP contribution in [0.2, 0.25) is 0 Å². The standard InChI is InChI=1S/C52H62N10O4/c1-7-62(49(65)48-58-50(59-66-48)51(4,5)6)32(3)39-14-10-34(26-31(39)2)45-44-40-15-13-37(29-42(40)56-46(44)54-30-53-45)60-22-18-52(19-23-60)20-24-61(25-21-52)38-27-35(28-38)33-8-11-36(12-9-33)55-41-16-17-43(63)57-47(41)64/h7-12,14,26,29-30,32,35,38,41,55H,1,13,15-25,27-28H2,2-6H3,(H,53,54,56)(H,57,63,64)/t32-,35?,38?,41?/m1/s1. The third kappa shape index (κ3) is 8.33. The summed E-state index contributed by atoms with van der Waals surface area (Å²) in [6.45, 7) is 18.5. The van der Waals surface area contributed by atoms with Gasteiger partial charge in [-0.05, 0) is 143 Å². The quantitative estimate of drug-likeness (QED) is 0.115. The molecule has 3 N–H and O–H groups in total. The highest BCUT2D eigenvalue weighted by Crippen LogP contribution is 2.47. The Balaban J connectivity index is 0.739. The minimum atomic E-state index is -0.387. The van der Waals surface area contributed by atoms with E-state index in [0.29, 0.717) is 36.0 Å². The summed E-state index contributed by atoms with van der Waals surface area (Å²) in [4.78, 5) is 61.8. The van der Waals surface area contributed by atoms with Gasteiger partial charge >= 0.3 is 11.8 Å². The summed E-state index contributed by atoms with van der Waals surface area (Å²) in [5.74, 6) is 0.203. The molecule has 1 unspecified atom stereocenters. The molecule has 0 radical (unpaired) electrons. The summed E-state index contributed by atoms with van der Waals surface area (Å²) in [5.41, 5.74) is 11.0. The van der Waals surface area contributed by atoms with Crippen molar-refractivity contribution in [2.45, 2.75) is 128 Å². The zero-order valence-corrected chi connectivity index (χ0v) is 39.0. The molecule has 2 aromatic carbocycles. The molecular weight excluding hydrogens is 829 g/mol. The predicted molar refractivity (Wildman–Crippen MR) is 254 cm³/mol. The second-order valence-electron chi connectivity index (χ2n) is 20.5. The second-order valence-corrected chi connectivity index (χ2v) is 20.5. The van der Waals surface area contributed by atoms with Crippen LogP contribution in [0.1, 0.15) is 142 Å². The largest absolute Gasteiger partial charge is 0.375 e. The third-order valence-corrected chi connectivity index (χ3v) is 15.5. The first-order valence-corrected chi connectivity index (χ1v) is 23.9. The number of piperidine rings is 3. The van der Waals surface area contributed by atoms with E-state index in [2.05, 4.69) is 97.6 Å². The zero-order valence-electron chi connectivity index (χ0n) is 39.0. The molecule has 5 aromatic rings. The predicted octanol–water partition coefficient (Wildman–Crippen LogP) is 8.59. The van der Waals surface area contributed by atoms with Gasteiger partial charge in [0.1, 0.15) is 18.0 Å². The van der Waals surface area contributed by atoms with Crippen molar-refractivity contribution >= 4 is 40.5 Å². The van der Waals surface area contributed by atoms with Crippen molar-refractivity contribution < 1.29 is 18.9 Å². The van der Waals surface area contributed by atoms with Crippen LogP contribution in [0.15, 0.2) is 71.8 Å². The molecule has 0 bridgehead atoms. The number of imide groups is 1. The first-order chi connectivity index (χ1) is 31.8. The number of aryl methyl sites for hydroxylation is 2. The molecule has 10 rings (SSSR count). The molecule has 66 heavy (non-hydrogen) atoms. The fraction of sp³-hybridized carbons (Fsp3) is 0.481. The van der Waals surface area contributed by atoms with Gasteiger partial charge in [0.15, 0.2) is 5.82 Å². The van der Waals surface area contributed by atoms with Crippen LogP contribution in [0, 0.1) is 12.3 Å². The Morgan fingerprint density at radius 1 is 1.00 bits per heavy atom. The molecule has 2 atom stereocenters. The lowest BCUT2D eigenvalue weighted by atomic mass is 9.69. The maximum atomic E-state index is 13.5. The Bertz CT molecular complexity index is 2700. The lowest BCUT2D eigenvalue weighted by Gasteiger charge is -2.52. The number of amides is 3. The zero-order chi connectivity index (χ0) is 45.9. The van der Waals surface area contributed by atoms with Gasteiger partial charge in [-0.25, -0.2) is 9.97 Å². The molecule has 344 valence electrons. The Morgan fingerprint density at radius 3 is 2.42 bits per heavy atom. The van der Waals surface area contributed by atoms with Gasteiger partial charge in [0.05, 0.1) is 11.7 Å². The molecule has 14 heteroatoms. The lowest BCUT2D eigenvalue weighted by molar-refractivity contribution is -0.133.